The van der Waals surface area contributed by atoms with Crippen LogP contribution in [0.25, 0.3) is 0 Å². The van der Waals surface area contributed by atoms with Crippen LogP contribution in [0.3, 0.4) is 0 Å². The van der Waals surface area contributed by atoms with E-state index in [1.807, 2.05) is 50.2 Å². The van der Waals surface area contributed by atoms with E-state index in [4.69, 9.17) is 4.74 Å². The van der Waals surface area contributed by atoms with Crippen molar-refractivity contribution in [2.45, 2.75) is 26.4 Å². The Balaban J connectivity index is 1.79. The quantitative estimate of drug-likeness (QED) is 0.727. The van der Waals surface area contributed by atoms with Gasteiger partial charge >= 0.3 is 0 Å². The minimum Gasteiger partial charge on any atom is -0.377 e. The van der Waals surface area contributed by atoms with Crippen LogP contribution in [0.4, 0.5) is 0 Å². The van der Waals surface area contributed by atoms with Gasteiger partial charge in [-0.2, -0.15) is 0 Å². The molecule has 0 spiro atoms. The van der Waals surface area contributed by atoms with Gasteiger partial charge in [-0.15, -0.1) is 0 Å². The largest absolute Gasteiger partial charge is 0.377 e. The van der Waals surface area contributed by atoms with Crippen LogP contribution in [0.1, 0.15) is 39.6 Å². The van der Waals surface area contributed by atoms with Crippen LogP contribution in [-0.2, 0) is 4.74 Å². The highest BCUT2D eigenvalue weighted by Gasteiger charge is 2.13. The van der Waals surface area contributed by atoms with Crippen LogP contribution in [0.2, 0.25) is 0 Å². The van der Waals surface area contributed by atoms with Gasteiger partial charge in [-0.1, -0.05) is 35.9 Å². The molecule has 0 radical (unpaired) electrons. The summed E-state index contributed by atoms with van der Waals surface area (Å²) in [5.74, 6) is -0.226. The number of rotatable bonds is 9. The van der Waals surface area contributed by atoms with Gasteiger partial charge in [0.2, 0.25) is 0 Å². The zero-order valence-corrected chi connectivity index (χ0v) is 15.3. The van der Waals surface area contributed by atoms with Gasteiger partial charge < -0.3 is 15.4 Å². The lowest BCUT2D eigenvalue weighted by Gasteiger charge is -2.18. The SMILES string of the molecule is CCOC(CCNC(=O)c1ccccc1)CNC(=O)c1cccc(C)c1. The van der Waals surface area contributed by atoms with E-state index < -0.39 is 0 Å². The Bertz CT molecular complexity index is 716. The topological polar surface area (TPSA) is 67.4 Å². The van der Waals surface area contributed by atoms with Crippen LogP contribution in [0, 0.1) is 6.92 Å². The summed E-state index contributed by atoms with van der Waals surface area (Å²) in [5.41, 5.74) is 2.31. The standard InChI is InChI=1S/C21H26N2O3/c1-3-26-19(12-13-22-20(24)17-9-5-4-6-10-17)15-23-21(25)18-11-7-8-16(2)14-18/h4-11,14,19H,3,12-13,15H2,1-2H3,(H,22,24)(H,23,25). The highest BCUT2D eigenvalue weighted by Crippen LogP contribution is 2.05. The van der Waals surface area contributed by atoms with Crippen LogP contribution in [0.5, 0.6) is 0 Å². The van der Waals surface area contributed by atoms with Crippen molar-refractivity contribution in [1.29, 1.82) is 0 Å². The minimum absolute atomic E-state index is 0.107. The van der Waals surface area contributed by atoms with Crippen molar-refractivity contribution in [2.75, 3.05) is 19.7 Å². The van der Waals surface area contributed by atoms with Crippen LogP contribution in [0.15, 0.2) is 54.6 Å². The third kappa shape index (κ3) is 6.33. The summed E-state index contributed by atoms with van der Waals surface area (Å²) < 4.78 is 5.67. The average Bonchev–Trinajstić information content (AvgIpc) is 2.66. The van der Waals surface area contributed by atoms with E-state index >= 15 is 0 Å². The molecular formula is C21H26N2O3. The number of hydrogen-bond donors (Lipinski definition) is 2. The van der Waals surface area contributed by atoms with E-state index in [9.17, 15) is 9.59 Å². The fourth-order valence-electron chi connectivity index (χ4n) is 2.61. The first-order valence-electron chi connectivity index (χ1n) is 8.90. The summed E-state index contributed by atoms with van der Waals surface area (Å²) in [4.78, 5) is 24.3. The Hall–Kier alpha value is -2.66. The smallest absolute Gasteiger partial charge is 0.251 e. The molecular weight excluding hydrogens is 328 g/mol. The molecule has 5 nitrogen and oxygen atoms in total. The number of ether oxygens (including phenoxy) is 1. The average molecular weight is 354 g/mol. The number of carbonyl (C=O) groups excluding carboxylic acids is 2. The second kappa shape index (κ2) is 10.4. The lowest BCUT2D eigenvalue weighted by Crippen LogP contribution is -2.36. The minimum atomic E-state index is -0.148. The summed E-state index contributed by atoms with van der Waals surface area (Å²) in [6, 6.07) is 16.5. The normalized spacial score (nSPS) is 11.6. The van der Waals surface area contributed by atoms with Crippen molar-refractivity contribution in [2.24, 2.45) is 0 Å². The van der Waals surface area contributed by atoms with Crippen molar-refractivity contribution < 1.29 is 14.3 Å². The summed E-state index contributed by atoms with van der Waals surface area (Å²) in [6.45, 7) is 5.31. The molecule has 0 bridgehead atoms. The molecule has 0 saturated heterocycles. The molecule has 0 heterocycles. The zero-order valence-electron chi connectivity index (χ0n) is 15.3. The van der Waals surface area contributed by atoms with Crippen molar-refractivity contribution in [3.63, 3.8) is 0 Å². The first-order valence-corrected chi connectivity index (χ1v) is 8.90. The molecule has 1 atom stereocenters. The highest BCUT2D eigenvalue weighted by atomic mass is 16.5. The molecule has 0 fully saturated rings. The molecule has 0 aliphatic rings. The van der Waals surface area contributed by atoms with Crippen molar-refractivity contribution in [3.8, 4) is 0 Å². The molecule has 2 rings (SSSR count). The van der Waals surface area contributed by atoms with Gasteiger partial charge in [-0.3, -0.25) is 9.59 Å². The summed E-state index contributed by atoms with van der Waals surface area (Å²) in [5, 5.41) is 5.79. The third-order valence-corrected chi connectivity index (χ3v) is 3.96. The maximum atomic E-state index is 12.2. The van der Waals surface area contributed by atoms with E-state index in [0.717, 1.165) is 5.56 Å². The Morgan fingerprint density at radius 3 is 2.35 bits per heavy atom. The van der Waals surface area contributed by atoms with Crippen LogP contribution in [-0.4, -0.2) is 37.6 Å². The van der Waals surface area contributed by atoms with Crippen molar-refractivity contribution in [3.05, 3.63) is 71.3 Å². The second-order valence-electron chi connectivity index (χ2n) is 6.07. The molecule has 0 aliphatic heterocycles. The fourth-order valence-corrected chi connectivity index (χ4v) is 2.61. The molecule has 0 aliphatic carbocycles. The first kappa shape index (κ1) is 19.7. The van der Waals surface area contributed by atoms with E-state index in [0.29, 0.717) is 37.2 Å². The lowest BCUT2D eigenvalue weighted by atomic mass is 10.1. The fraction of sp³-hybridized carbons (Fsp3) is 0.333. The van der Waals surface area contributed by atoms with E-state index in [2.05, 4.69) is 10.6 Å². The Morgan fingerprint density at radius 1 is 0.962 bits per heavy atom. The first-order chi connectivity index (χ1) is 12.6. The van der Waals surface area contributed by atoms with E-state index in [1.165, 1.54) is 0 Å². The lowest BCUT2D eigenvalue weighted by molar-refractivity contribution is 0.0534. The van der Waals surface area contributed by atoms with Gasteiger partial charge in [0.05, 0.1) is 6.10 Å². The van der Waals surface area contributed by atoms with Gasteiger partial charge in [-0.05, 0) is 44.5 Å². The van der Waals surface area contributed by atoms with Gasteiger partial charge in [-0.25, -0.2) is 0 Å². The number of carbonyl (C=O) groups is 2. The number of amides is 2. The molecule has 2 aromatic carbocycles. The van der Waals surface area contributed by atoms with Gasteiger partial charge in [0.25, 0.3) is 11.8 Å². The maximum Gasteiger partial charge on any atom is 0.251 e. The van der Waals surface area contributed by atoms with E-state index in [-0.39, 0.29) is 17.9 Å². The van der Waals surface area contributed by atoms with Crippen LogP contribution >= 0.6 is 0 Å². The molecule has 1 unspecified atom stereocenters. The Morgan fingerprint density at radius 2 is 1.65 bits per heavy atom. The highest BCUT2D eigenvalue weighted by molar-refractivity contribution is 5.94. The van der Waals surface area contributed by atoms with Crippen LogP contribution < -0.4 is 10.6 Å². The number of aryl methyl sites for hydroxylation is 1. The second-order valence-corrected chi connectivity index (χ2v) is 6.07. The molecule has 0 aromatic heterocycles. The molecule has 2 N–H and O–H groups in total. The number of nitrogens with one attached hydrogen (secondary N) is 2. The summed E-state index contributed by atoms with van der Waals surface area (Å²) in [6.07, 6.45) is 0.477. The Labute approximate surface area is 154 Å². The third-order valence-electron chi connectivity index (χ3n) is 3.96. The Kier molecular flexibility index (Phi) is 7.83. The number of benzene rings is 2. The zero-order chi connectivity index (χ0) is 18.8. The monoisotopic (exact) mass is 354 g/mol. The van der Waals surface area contributed by atoms with Gasteiger partial charge in [0.15, 0.2) is 0 Å². The molecule has 26 heavy (non-hydrogen) atoms. The molecule has 2 aromatic rings. The summed E-state index contributed by atoms with van der Waals surface area (Å²) in [7, 11) is 0. The molecule has 5 heteroatoms. The summed E-state index contributed by atoms with van der Waals surface area (Å²) >= 11 is 0. The predicted octanol–water partition coefficient (Wildman–Crippen LogP) is 2.95. The maximum absolute atomic E-state index is 12.2. The van der Waals surface area contributed by atoms with Crippen molar-refractivity contribution in [1.82, 2.24) is 10.6 Å². The predicted molar refractivity (Wildman–Crippen MR) is 102 cm³/mol. The van der Waals surface area contributed by atoms with Gasteiger partial charge in [0.1, 0.15) is 0 Å². The van der Waals surface area contributed by atoms with Crippen molar-refractivity contribution >= 4 is 11.8 Å². The van der Waals surface area contributed by atoms with E-state index in [1.54, 1.807) is 18.2 Å². The molecule has 0 saturated carbocycles. The molecule has 138 valence electrons. The number of hydrogen-bond acceptors (Lipinski definition) is 3. The van der Waals surface area contributed by atoms with Gasteiger partial charge in [0, 0.05) is 30.8 Å². The molecule has 2 amide bonds.